The third kappa shape index (κ3) is 7.07. The molecule has 424 valence electrons. The smallest absolute Gasteiger partial charge is 0.121 e. The van der Waals surface area contributed by atoms with Crippen LogP contribution in [0.3, 0.4) is 0 Å². The zero-order valence-corrected chi connectivity index (χ0v) is 50.2. The van der Waals surface area contributed by atoms with Crippen LogP contribution in [-0.4, -0.2) is 16.0 Å². The number of hydrogen-bond donors (Lipinski definition) is 2. The monoisotopic (exact) mass is 1170 g/mol. The second kappa shape index (κ2) is 19.6. The molecule has 13 aromatic carbocycles. The number of aromatic nitrogens is 1. The van der Waals surface area contributed by atoms with Crippen molar-refractivity contribution in [3.63, 3.8) is 0 Å². The summed E-state index contributed by atoms with van der Waals surface area (Å²) < 4.78 is 7.00. The van der Waals surface area contributed by atoms with Gasteiger partial charge >= 0.3 is 0 Å². The van der Waals surface area contributed by atoms with Gasteiger partial charge in [0.05, 0.1) is 33.3 Å². The van der Waals surface area contributed by atoms with Crippen LogP contribution in [0.25, 0.3) is 99.8 Å². The Bertz CT molecular complexity index is 5150. The molecule has 0 amide bonds. The van der Waals surface area contributed by atoms with Crippen molar-refractivity contribution in [2.75, 3.05) is 4.90 Å². The Balaban J connectivity index is 0.729. The van der Waals surface area contributed by atoms with E-state index in [0.29, 0.717) is 11.4 Å². The van der Waals surface area contributed by atoms with Crippen LogP contribution >= 0.6 is 12.8 Å². The highest BCUT2D eigenvalue weighted by molar-refractivity contribution is 7.79. The molecule has 19 rings (SSSR count). The van der Waals surface area contributed by atoms with Gasteiger partial charge in [0.2, 0.25) is 0 Å². The molecule has 5 aliphatic carbocycles. The van der Waals surface area contributed by atoms with Crippen molar-refractivity contribution in [3.8, 4) is 72.4 Å². The normalized spacial score (nSPS) is 15.0. The standard InChI is InChI=1S/C86H54N4S/c87-83-61(55-37-45-60(46-38-55)90-80-31-15-7-23-70(80)71-24-8-16-32-81(71)90)49-50-82(84(83)88-91)89(58-41-33-53(34-42-58)56-39-47-68-66-21-5-13-29-76(66)85(78(68)51-56)72-25-9-1-17-62(72)63-18-2-10-26-73(63)85)59-43-35-54(36-44-59)57-40-48-69-67-22-6-14-30-77(67)86(79(69)52-57)74-27-11-3-19-64(74)65-20-4-12-28-75(65)86/h1-52,87,91H. The zero-order valence-electron chi connectivity index (χ0n) is 49.3. The molecule has 0 radical (unpaired) electrons. The SMILES string of the molecule is N=C1C(c2ccc(-n3c4ccccc4c4ccccc43)cc2)=CC=C(N(c2ccc(-c3ccc4c(c3)C3(c5ccccc5-c5ccccc53)c3ccccc3-4)cc2)c2ccc(-c3ccc4c(c3)C3(c5ccccc5-c5ccccc53)c3ccccc3-4)cc2)C1=NS. The average Bonchev–Trinajstić information content (AvgIpc) is 1.52. The van der Waals surface area contributed by atoms with Crippen molar-refractivity contribution in [2.45, 2.75) is 10.8 Å². The molecule has 0 bridgehead atoms. The molecule has 1 aromatic heterocycles. The second-order valence-corrected chi connectivity index (χ2v) is 24.8. The average molecular weight is 1180 g/mol. The van der Waals surface area contributed by atoms with Gasteiger partial charge in [-0.3, -0.25) is 5.41 Å². The van der Waals surface area contributed by atoms with Crippen molar-refractivity contribution in [1.29, 1.82) is 5.41 Å². The van der Waals surface area contributed by atoms with Gasteiger partial charge in [0.15, 0.2) is 0 Å². The topological polar surface area (TPSA) is 44.4 Å². The molecule has 0 unspecified atom stereocenters. The number of fused-ring (bicyclic) bond motifs is 23. The van der Waals surface area contributed by atoms with Crippen molar-refractivity contribution < 1.29 is 0 Å². The Morgan fingerprint density at radius 3 is 1.03 bits per heavy atom. The van der Waals surface area contributed by atoms with E-state index in [1.165, 1.54) is 99.8 Å². The lowest BCUT2D eigenvalue weighted by Crippen LogP contribution is -2.30. The van der Waals surface area contributed by atoms with E-state index in [9.17, 15) is 5.41 Å². The Morgan fingerprint density at radius 2 is 0.648 bits per heavy atom. The van der Waals surface area contributed by atoms with E-state index in [1.54, 1.807) is 0 Å². The van der Waals surface area contributed by atoms with Crippen LogP contribution in [0.2, 0.25) is 0 Å². The molecule has 1 N–H and O–H groups in total. The fraction of sp³-hybridized carbons (Fsp3) is 0.0233. The van der Waals surface area contributed by atoms with Crippen LogP contribution in [0.15, 0.2) is 326 Å². The van der Waals surface area contributed by atoms with E-state index in [0.717, 1.165) is 67.2 Å². The van der Waals surface area contributed by atoms with Gasteiger partial charge < -0.3 is 9.47 Å². The van der Waals surface area contributed by atoms with E-state index in [1.807, 2.05) is 0 Å². The minimum absolute atomic E-state index is 0.293. The fourth-order valence-electron chi connectivity index (χ4n) is 16.7. The third-order valence-electron chi connectivity index (χ3n) is 20.4. The minimum Gasteiger partial charge on any atom is -0.309 e. The number of thiol groups is 1. The summed E-state index contributed by atoms with van der Waals surface area (Å²) in [6, 6.07) is 112. The van der Waals surface area contributed by atoms with E-state index in [4.69, 9.17) is 12.8 Å². The van der Waals surface area contributed by atoms with Crippen molar-refractivity contribution in [1.82, 2.24) is 4.57 Å². The molecule has 14 aromatic rings. The predicted octanol–water partition coefficient (Wildman–Crippen LogP) is 21.2. The number of nitrogens with one attached hydrogen (secondary N) is 1. The lowest BCUT2D eigenvalue weighted by Gasteiger charge is -2.31. The molecular formula is C86H54N4S. The first kappa shape index (κ1) is 51.7. The van der Waals surface area contributed by atoms with E-state index < -0.39 is 10.8 Å². The van der Waals surface area contributed by atoms with Crippen LogP contribution in [0.5, 0.6) is 0 Å². The molecule has 0 fully saturated rings. The Hall–Kier alpha value is -11.4. The van der Waals surface area contributed by atoms with Gasteiger partial charge in [-0.2, -0.15) is 0 Å². The highest BCUT2D eigenvalue weighted by atomic mass is 32.1. The van der Waals surface area contributed by atoms with Gasteiger partial charge in [0, 0.05) is 33.4 Å². The Morgan fingerprint density at radius 1 is 0.319 bits per heavy atom. The van der Waals surface area contributed by atoms with Crippen LogP contribution in [-0.2, 0) is 10.8 Å². The summed E-state index contributed by atoms with van der Waals surface area (Å²) in [6.45, 7) is 0. The molecule has 1 heterocycles. The van der Waals surface area contributed by atoms with Crippen molar-refractivity contribution in [3.05, 3.63) is 371 Å². The molecule has 91 heavy (non-hydrogen) atoms. The number of anilines is 2. The summed E-state index contributed by atoms with van der Waals surface area (Å²) in [4.78, 5) is 2.23. The molecule has 5 aliphatic rings. The largest absolute Gasteiger partial charge is 0.309 e. The predicted molar refractivity (Wildman–Crippen MR) is 379 cm³/mol. The number of hydrogen-bond acceptors (Lipinski definition) is 4. The minimum atomic E-state index is -0.446. The highest BCUT2D eigenvalue weighted by Gasteiger charge is 2.53. The molecule has 0 saturated heterocycles. The van der Waals surface area contributed by atoms with Gasteiger partial charge in [-0.05, 0) is 202 Å². The first-order valence-corrected chi connectivity index (χ1v) is 31.6. The van der Waals surface area contributed by atoms with Crippen LogP contribution in [0.4, 0.5) is 11.4 Å². The third-order valence-corrected chi connectivity index (χ3v) is 20.6. The molecule has 0 aliphatic heterocycles. The van der Waals surface area contributed by atoms with E-state index in [-0.39, 0.29) is 0 Å². The molecule has 0 saturated carbocycles. The quantitative estimate of drug-likeness (QED) is 0.121. The Kier molecular flexibility index (Phi) is 11.1. The van der Waals surface area contributed by atoms with Gasteiger partial charge in [-0.25, -0.2) is 4.40 Å². The molecule has 2 spiro atoms. The first-order valence-electron chi connectivity index (χ1n) is 31.2. The number of benzene rings is 13. The fourth-order valence-corrected chi connectivity index (χ4v) is 16.9. The summed E-state index contributed by atoms with van der Waals surface area (Å²) in [5.41, 5.74) is 32.9. The van der Waals surface area contributed by atoms with E-state index >= 15 is 0 Å². The number of nitrogens with zero attached hydrogens (tertiary/aromatic N) is 3. The van der Waals surface area contributed by atoms with Gasteiger partial charge in [-0.1, -0.05) is 243 Å². The second-order valence-electron chi connectivity index (χ2n) is 24.6. The molecule has 5 heteroatoms. The van der Waals surface area contributed by atoms with Crippen LogP contribution in [0.1, 0.15) is 50.1 Å². The molecule has 0 atom stereocenters. The van der Waals surface area contributed by atoms with Crippen LogP contribution in [0, 0.1) is 5.41 Å². The number of rotatable bonds is 7. The maximum absolute atomic E-state index is 10.0. The van der Waals surface area contributed by atoms with Gasteiger partial charge in [0.25, 0.3) is 0 Å². The summed E-state index contributed by atoms with van der Waals surface area (Å²) in [6.07, 6.45) is 4.18. The molecular weight excluding hydrogens is 1120 g/mol. The highest BCUT2D eigenvalue weighted by Crippen LogP contribution is 2.65. The summed E-state index contributed by atoms with van der Waals surface area (Å²) in [7, 11) is 0. The summed E-state index contributed by atoms with van der Waals surface area (Å²) >= 11 is 4.70. The van der Waals surface area contributed by atoms with Gasteiger partial charge in [0.1, 0.15) is 5.71 Å². The number of para-hydroxylation sites is 2. The lowest BCUT2D eigenvalue weighted by molar-refractivity contribution is 0.794. The summed E-state index contributed by atoms with van der Waals surface area (Å²) in [5.74, 6) is 0. The lowest BCUT2D eigenvalue weighted by atomic mass is 9.70. The first-order chi connectivity index (χ1) is 45.0. The summed E-state index contributed by atoms with van der Waals surface area (Å²) in [5, 5.41) is 12.4. The molecule has 4 nitrogen and oxygen atoms in total. The van der Waals surface area contributed by atoms with Crippen molar-refractivity contribution in [2.24, 2.45) is 4.40 Å². The van der Waals surface area contributed by atoms with Crippen LogP contribution < -0.4 is 4.90 Å². The zero-order chi connectivity index (χ0) is 60.1. The maximum atomic E-state index is 10.0. The van der Waals surface area contributed by atoms with E-state index in [2.05, 4.69) is 329 Å². The van der Waals surface area contributed by atoms with Crippen molar-refractivity contribution >= 4 is 63.0 Å². The number of allylic oxidation sites excluding steroid dienone is 4. The maximum Gasteiger partial charge on any atom is 0.121 e. The van der Waals surface area contributed by atoms with Gasteiger partial charge in [-0.15, -0.1) is 0 Å². The Labute approximate surface area is 533 Å².